The van der Waals surface area contributed by atoms with E-state index in [0.717, 1.165) is 6.54 Å². The SMILES string of the molecule is CC(C)C(CNc1cnc(C#N)cn1)c1cccnc1. The van der Waals surface area contributed by atoms with Gasteiger partial charge in [-0.15, -0.1) is 0 Å². The smallest absolute Gasteiger partial charge is 0.158 e. The molecule has 0 bridgehead atoms. The first-order chi connectivity index (χ1) is 9.70. The topological polar surface area (TPSA) is 74.5 Å². The van der Waals surface area contributed by atoms with Gasteiger partial charge in [-0.05, 0) is 17.5 Å². The van der Waals surface area contributed by atoms with Crippen LogP contribution in [0.25, 0.3) is 0 Å². The van der Waals surface area contributed by atoms with Crippen LogP contribution < -0.4 is 5.32 Å². The summed E-state index contributed by atoms with van der Waals surface area (Å²) in [4.78, 5) is 12.3. The lowest BCUT2D eigenvalue weighted by Gasteiger charge is -2.21. The molecule has 20 heavy (non-hydrogen) atoms. The Hall–Kier alpha value is -2.48. The second-order valence-corrected chi connectivity index (χ2v) is 4.92. The van der Waals surface area contributed by atoms with Crippen LogP contribution in [-0.2, 0) is 0 Å². The minimum atomic E-state index is 0.322. The molecular formula is C15H17N5. The molecule has 2 heterocycles. The van der Waals surface area contributed by atoms with Crippen molar-refractivity contribution in [3.8, 4) is 6.07 Å². The molecule has 1 atom stereocenters. The lowest BCUT2D eigenvalue weighted by Crippen LogP contribution is -2.18. The van der Waals surface area contributed by atoms with Crippen LogP contribution in [0.3, 0.4) is 0 Å². The maximum Gasteiger partial charge on any atom is 0.158 e. The van der Waals surface area contributed by atoms with Crippen LogP contribution in [-0.4, -0.2) is 21.5 Å². The van der Waals surface area contributed by atoms with Gasteiger partial charge in [-0.25, -0.2) is 9.97 Å². The number of hydrogen-bond donors (Lipinski definition) is 1. The second kappa shape index (κ2) is 6.62. The molecule has 0 aliphatic heterocycles. The highest BCUT2D eigenvalue weighted by atomic mass is 15.0. The van der Waals surface area contributed by atoms with Crippen LogP contribution in [0, 0.1) is 17.2 Å². The molecule has 2 aromatic rings. The molecule has 102 valence electrons. The Bertz CT molecular complexity index is 571. The van der Waals surface area contributed by atoms with Gasteiger partial charge in [-0.3, -0.25) is 4.98 Å². The van der Waals surface area contributed by atoms with Gasteiger partial charge in [0, 0.05) is 24.9 Å². The number of nitriles is 1. The van der Waals surface area contributed by atoms with E-state index in [0.29, 0.717) is 23.3 Å². The van der Waals surface area contributed by atoms with Crippen molar-refractivity contribution in [3.63, 3.8) is 0 Å². The predicted octanol–water partition coefficient (Wildman–Crippen LogP) is 2.59. The molecule has 0 spiro atoms. The zero-order chi connectivity index (χ0) is 14.4. The molecule has 0 aliphatic rings. The highest BCUT2D eigenvalue weighted by Crippen LogP contribution is 2.23. The van der Waals surface area contributed by atoms with Crippen LogP contribution in [0.15, 0.2) is 36.9 Å². The van der Waals surface area contributed by atoms with E-state index in [9.17, 15) is 0 Å². The predicted molar refractivity (Wildman–Crippen MR) is 77.1 cm³/mol. The number of aromatic nitrogens is 3. The van der Waals surface area contributed by atoms with Crippen molar-refractivity contribution in [2.45, 2.75) is 19.8 Å². The largest absolute Gasteiger partial charge is 0.368 e. The quantitative estimate of drug-likeness (QED) is 0.901. The number of hydrogen-bond acceptors (Lipinski definition) is 5. The molecule has 1 unspecified atom stereocenters. The monoisotopic (exact) mass is 267 g/mol. The first kappa shape index (κ1) is 13.9. The summed E-state index contributed by atoms with van der Waals surface area (Å²) < 4.78 is 0. The maximum absolute atomic E-state index is 8.69. The van der Waals surface area contributed by atoms with Gasteiger partial charge in [0.2, 0.25) is 0 Å². The van der Waals surface area contributed by atoms with E-state index >= 15 is 0 Å². The van der Waals surface area contributed by atoms with E-state index in [-0.39, 0.29) is 0 Å². The van der Waals surface area contributed by atoms with Gasteiger partial charge in [0.1, 0.15) is 11.9 Å². The third-order valence-electron chi connectivity index (χ3n) is 3.19. The van der Waals surface area contributed by atoms with Crippen LogP contribution >= 0.6 is 0 Å². The summed E-state index contributed by atoms with van der Waals surface area (Å²) in [6.07, 6.45) is 6.73. The van der Waals surface area contributed by atoms with E-state index in [1.165, 1.54) is 11.8 Å². The van der Waals surface area contributed by atoms with Crippen molar-refractivity contribution in [1.29, 1.82) is 5.26 Å². The zero-order valence-corrected chi connectivity index (χ0v) is 11.6. The molecule has 1 N–H and O–H groups in total. The third kappa shape index (κ3) is 3.51. The molecule has 0 saturated heterocycles. The average molecular weight is 267 g/mol. The summed E-state index contributed by atoms with van der Waals surface area (Å²) in [5, 5.41) is 12.0. The summed E-state index contributed by atoms with van der Waals surface area (Å²) in [5.74, 6) is 1.51. The molecule has 5 nitrogen and oxygen atoms in total. The molecule has 0 aromatic carbocycles. The van der Waals surface area contributed by atoms with Crippen molar-refractivity contribution >= 4 is 5.82 Å². The van der Waals surface area contributed by atoms with Gasteiger partial charge in [0.05, 0.1) is 12.4 Å². The third-order valence-corrected chi connectivity index (χ3v) is 3.19. The maximum atomic E-state index is 8.69. The minimum Gasteiger partial charge on any atom is -0.368 e. The summed E-state index contributed by atoms with van der Waals surface area (Å²) >= 11 is 0. The Balaban J connectivity index is 2.04. The van der Waals surface area contributed by atoms with E-state index in [1.54, 1.807) is 12.4 Å². The Morgan fingerprint density at radius 2 is 2.10 bits per heavy atom. The van der Waals surface area contributed by atoms with Gasteiger partial charge in [-0.2, -0.15) is 5.26 Å². The Morgan fingerprint density at radius 3 is 2.65 bits per heavy atom. The van der Waals surface area contributed by atoms with Crippen LogP contribution in [0.5, 0.6) is 0 Å². The lowest BCUT2D eigenvalue weighted by molar-refractivity contribution is 0.515. The summed E-state index contributed by atoms with van der Waals surface area (Å²) in [6, 6.07) is 5.99. The van der Waals surface area contributed by atoms with Crippen molar-refractivity contribution < 1.29 is 0 Å². The van der Waals surface area contributed by atoms with Gasteiger partial charge in [-0.1, -0.05) is 19.9 Å². The molecule has 0 aliphatic carbocycles. The normalized spacial score (nSPS) is 11.9. The molecular weight excluding hydrogens is 250 g/mol. The van der Waals surface area contributed by atoms with Gasteiger partial charge >= 0.3 is 0 Å². The van der Waals surface area contributed by atoms with E-state index < -0.39 is 0 Å². The van der Waals surface area contributed by atoms with Gasteiger partial charge in [0.25, 0.3) is 0 Å². The van der Waals surface area contributed by atoms with E-state index in [4.69, 9.17) is 5.26 Å². The zero-order valence-electron chi connectivity index (χ0n) is 11.6. The van der Waals surface area contributed by atoms with Crippen molar-refractivity contribution in [2.75, 3.05) is 11.9 Å². The first-order valence-corrected chi connectivity index (χ1v) is 6.56. The molecule has 0 saturated carbocycles. The molecule has 2 aromatic heterocycles. The van der Waals surface area contributed by atoms with Crippen LogP contribution in [0.4, 0.5) is 5.82 Å². The average Bonchev–Trinajstić information content (AvgIpc) is 2.49. The number of nitrogens with one attached hydrogen (secondary N) is 1. The molecule has 5 heteroatoms. The Kier molecular flexibility index (Phi) is 4.61. The highest BCUT2D eigenvalue weighted by Gasteiger charge is 2.16. The Labute approximate surface area is 118 Å². The Morgan fingerprint density at radius 1 is 1.25 bits per heavy atom. The van der Waals surface area contributed by atoms with Gasteiger partial charge < -0.3 is 5.32 Å². The van der Waals surface area contributed by atoms with Crippen LogP contribution in [0.1, 0.15) is 31.0 Å². The highest BCUT2D eigenvalue weighted by molar-refractivity contribution is 5.34. The lowest BCUT2D eigenvalue weighted by atomic mass is 9.89. The first-order valence-electron chi connectivity index (χ1n) is 6.56. The molecule has 0 amide bonds. The fourth-order valence-electron chi connectivity index (χ4n) is 2.03. The standard InChI is InChI=1S/C15H17N5/c1-11(2)14(12-4-3-5-17-7-12)9-20-15-10-18-13(6-16)8-19-15/h3-5,7-8,10-11,14H,9H2,1-2H3,(H,19,20). The molecule has 0 fully saturated rings. The number of nitrogens with zero attached hydrogens (tertiary/aromatic N) is 4. The summed E-state index contributed by atoms with van der Waals surface area (Å²) in [6.45, 7) is 5.12. The van der Waals surface area contributed by atoms with Crippen LogP contribution in [0.2, 0.25) is 0 Å². The summed E-state index contributed by atoms with van der Waals surface area (Å²) in [7, 11) is 0. The van der Waals surface area contributed by atoms with Crippen molar-refractivity contribution in [3.05, 3.63) is 48.2 Å². The van der Waals surface area contributed by atoms with E-state index in [1.807, 2.05) is 18.3 Å². The van der Waals surface area contributed by atoms with Crippen molar-refractivity contribution in [1.82, 2.24) is 15.0 Å². The molecule has 0 radical (unpaired) electrons. The van der Waals surface area contributed by atoms with Gasteiger partial charge in [0.15, 0.2) is 5.69 Å². The summed E-state index contributed by atoms with van der Waals surface area (Å²) in [5.41, 5.74) is 1.53. The number of anilines is 1. The number of pyridine rings is 1. The van der Waals surface area contributed by atoms with Crippen molar-refractivity contribution in [2.24, 2.45) is 5.92 Å². The van der Waals surface area contributed by atoms with E-state index in [2.05, 4.69) is 40.2 Å². The fraction of sp³-hybridized carbons (Fsp3) is 0.333. The minimum absolute atomic E-state index is 0.322. The molecule has 2 rings (SSSR count). The second-order valence-electron chi connectivity index (χ2n) is 4.92. The fourth-order valence-corrected chi connectivity index (χ4v) is 2.03. The number of rotatable bonds is 5.